The third-order valence-corrected chi connectivity index (χ3v) is 4.64. The van der Waals surface area contributed by atoms with Gasteiger partial charge >= 0.3 is 11.9 Å². The lowest BCUT2D eigenvalue weighted by Gasteiger charge is -2.13. The molecule has 1 aromatic rings. The quantitative estimate of drug-likeness (QED) is 0.427. The van der Waals surface area contributed by atoms with Gasteiger partial charge in [0.2, 0.25) is 0 Å². The highest BCUT2D eigenvalue weighted by atomic mass is 32.2. The lowest BCUT2D eigenvalue weighted by Crippen LogP contribution is -2.34. The molecule has 6 nitrogen and oxygen atoms in total. The monoisotopic (exact) mass is 379 g/mol. The average Bonchev–Trinajstić information content (AvgIpc) is 2.87. The largest absolute Gasteiger partial charge is 0.465 e. The fourth-order valence-corrected chi connectivity index (χ4v) is 3.27. The third-order valence-electron chi connectivity index (χ3n) is 3.26. The van der Waals surface area contributed by atoms with Crippen LogP contribution in [-0.2, 0) is 19.1 Å². The lowest BCUT2D eigenvalue weighted by atomic mass is 10.1. The van der Waals surface area contributed by atoms with Crippen LogP contribution in [0.4, 0.5) is 0 Å². The average molecular weight is 379 g/mol. The van der Waals surface area contributed by atoms with Gasteiger partial charge in [0.15, 0.2) is 0 Å². The highest BCUT2D eigenvalue weighted by Crippen LogP contribution is 2.32. The lowest BCUT2D eigenvalue weighted by molar-refractivity contribution is -0.146. The Bertz CT molecular complexity index is 727. The smallest absolute Gasteiger partial charge is 0.337 e. The Balaban J connectivity index is 2.09. The third kappa shape index (κ3) is 4.90. The van der Waals surface area contributed by atoms with Crippen LogP contribution in [0.15, 0.2) is 29.2 Å². The molecule has 0 N–H and O–H groups in total. The maximum atomic E-state index is 12.4. The van der Waals surface area contributed by atoms with E-state index in [1.165, 1.54) is 12.0 Å². The van der Waals surface area contributed by atoms with Crippen LogP contribution in [0.25, 0.3) is 6.08 Å². The van der Waals surface area contributed by atoms with E-state index in [4.69, 9.17) is 17.0 Å². The van der Waals surface area contributed by atoms with Crippen molar-refractivity contribution in [1.29, 1.82) is 0 Å². The van der Waals surface area contributed by atoms with E-state index in [-0.39, 0.29) is 12.5 Å². The first-order valence-corrected chi connectivity index (χ1v) is 8.78. The van der Waals surface area contributed by atoms with Gasteiger partial charge in [0.05, 0.1) is 24.2 Å². The molecule has 1 saturated heterocycles. The second-order valence-electron chi connectivity index (χ2n) is 5.10. The molecule has 1 amide bonds. The zero-order valence-corrected chi connectivity index (χ0v) is 15.4. The molecule has 1 heterocycles. The van der Waals surface area contributed by atoms with E-state index in [0.717, 1.165) is 17.3 Å². The van der Waals surface area contributed by atoms with Crippen LogP contribution in [-0.4, -0.2) is 47.3 Å². The number of carbonyl (C=O) groups is 3. The van der Waals surface area contributed by atoms with Crippen LogP contribution < -0.4 is 0 Å². The molecule has 0 aromatic heterocycles. The minimum absolute atomic E-state index is 0.191. The Labute approximate surface area is 155 Å². The first-order chi connectivity index (χ1) is 12.0. The van der Waals surface area contributed by atoms with Crippen LogP contribution in [0, 0.1) is 0 Å². The summed E-state index contributed by atoms with van der Waals surface area (Å²) in [6, 6.07) is 6.63. The van der Waals surface area contributed by atoms with E-state index < -0.39 is 11.9 Å². The second kappa shape index (κ2) is 8.77. The van der Waals surface area contributed by atoms with Crippen molar-refractivity contribution in [3.63, 3.8) is 0 Å². The topological polar surface area (TPSA) is 72.9 Å². The Morgan fingerprint density at radius 3 is 2.56 bits per heavy atom. The number of thioether (sulfide) groups is 1. The van der Waals surface area contributed by atoms with Gasteiger partial charge in [-0.1, -0.05) is 43.0 Å². The van der Waals surface area contributed by atoms with Crippen LogP contribution in [0.5, 0.6) is 0 Å². The van der Waals surface area contributed by atoms with Crippen molar-refractivity contribution in [2.45, 2.75) is 13.3 Å². The van der Waals surface area contributed by atoms with Crippen molar-refractivity contribution in [2.75, 3.05) is 20.3 Å². The van der Waals surface area contributed by atoms with Crippen LogP contribution >= 0.6 is 24.0 Å². The van der Waals surface area contributed by atoms with Crippen molar-refractivity contribution in [1.82, 2.24) is 4.90 Å². The summed E-state index contributed by atoms with van der Waals surface area (Å²) in [5.74, 6) is -1.24. The SMILES string of the molecule is CCCOC(=O)CN1C(=O)/C(=C/c2ccc(C(=O)OC)cc2)SC1=S. The number of methoxy groups -OCH3 is 1. The van der Waals surface area contributed by atoms with Gasteiger partial charge in [0, 0.05) is 0 Å². The number of benzene rings is 1. The summed E-state index contributed by atoms with van der Waals surface area (Å²) in [5.41, 5.74) is 1.16. The van der Waals surface area contributed by atoms with Crippen molar-refractivity contribution in [2.24, 2.45) is 0 Å². The molecular weight excluding hydrogens is 362 g/mol. The Morgan fingerprint density at radius 1 is 1.28 bits per heavy atom. The van der Waals surface area contributed by atoms with Crippen LogP contribution in [0.3, 0.4) is 0 Å². The zero-order chi connectivity index (χ0) is 18.4. The van der Waals surface area contributed by atoms with Gasteiger partial charge in [-0.3, -0.25) is 14.5 Å². The van der Waals surface area contributed by atoms with Gasteiger partial charge in [-0.15, -0.1) is 0 Å². The zero-order valence-electron chi connectivity index (χ0n) is 13.8. The summed E-state index contributed by atoms with van der Waals surface area (Å²) in [5, 5.41) is 0. The fraction of sp³-hybridized carbons (Fsp3) is 0.294. The normalized spacial score (nSPS) is 15.6. The van der Waals surface area contributed by atoms with Crippen molar-refractivity contribution in [3.05, 3.63) is 40.3 Å². The van der Waals surface area contributed by atoms with Gasteiger partial charge in [-0.05, 0) is 30.2 Å². The molecule has 0 atom stereocenters. The Kier molecular flexibility index (Phi) is 6.72. The number of ether oxygens (including phenoxy) is 2. The first kappa shape index (κ1) is 19.1. The second-order valence-corrected chi connectivity index (χ2v) is 6.78. The van der Waals surface area contributed by atoms with Crippen LogP contribution in [0.1, 0.15) is 29.3 Å². The molecule has 0 radical (unpaired) electrons. The molecule has 132 valence electrons. The highest BCUT2D eigenvalue weighted by molar-refractivity contribution is 8.26. The highest BCUT2D eigenvalue weighted by Gasteiger charge is 2.33. The summed E-state index contributed by atoms with van der Waals surface area (Å²) in [6.07, 6.45) is 2.38. The molecule has 0 spiro atoms. The number of carbonyl (C=O) groups excluding carboxylic acids is 3. The first-order valence-electron chi connectivity index (χ1n) is 7.55. The van der Waals surface area contributed by atoms with Gasteiger partial charge in [0.25, 0.3) is 5.91 Å². The number of amides is 1. The molecule has 0 unspecified atom stereocenters. The molecule has 1 fully saturated rings. The Morgan fingerprint density at radius 2 is 1.96 bits per heavy atom. The molecular formula is C17H17NO5S2. The molecule has 0 saturated carbocycles. The van der Waals surface area contributed by atoms with Crippen LogP contribution in [0.2, 0.25) is 0 Å². The minimum Gasteiger partial charge on any atom is -0.465 e. The van der Waals surface area contributed by atoms with Crippen molar-refractivity contribution >= 4 is 52.2 Å². The summed E-state index contributed by atoms with van der Waals surface area (Å²) in [6.45, 7) is 2.01. The number of nitrogens with zero attached hydrogens (tertiary/aromatic N) is 1. The predicted molar refractivity (Wildman–Crippen MR) is 98.9 cm³/mol. The Hall–Kier alpha value is -2.19. The summed E-state index contributed by atoms with van der Waals surface area (Å²) in [4.78, 5) is 37.2. The molecule has 1 aliphatic rings. The van der Waals surface area contributed by atoms with Gasteiger partial charge in [-0.25, -0.2) is 4.79 Å². The fourth-order valence-electron chi connectivity index (χ4n) is 2.01. The van der Waals surface area contributed by atoms with E-state index in [0.29, 0.717) is 27.8 Å². The molecule has 2 rings (SSSR count). The van der Waals surface area contributed by atoms with E-state index in [2.05, 4.69) is 4.74 Å². The number of hydrogen-bond donors (Lipinski definition) is 0. The predicted octanol–water partition coefficient (Wildman–Crippen LogP) is 2.63. The number of thiocarbonyl (C=S) groups is 1. The maximum Gasteiger partial charge on any atom is 0.337 e. The minimum atomic E-state index is -0.484. The molecule has 25 heavy (non-hydrogen) atoms. The van der Waals surface area contributed by atoms with E-state index in [1.54, 1.807) is 30.3 Å². The molecule has 1 aliphatic heterocycles. The number of rotatable bonds is 6. The molecule has 0 aliphatic carbocycles. The van der Waals surface area contributed by atoms with E-state index >= 15 is 0 Å². The summed E-state index contributed by atoms with van der Waals surface area (Å²) < 4.78 is 9.94. The summed E-state index contributed by atoms with van der Waals surface area (Å²) in [7, 11) is 1.31. The number of hydrogen-bond acceptors (Lipinski definition) is 7. The molecule has 0 bridgehead atoms. The maximum absolute atomic E-state index is 12.4. The van der Waals surface area contributed by atoms with Crippen molar-refractivity contribution < 1.29 is 23.9 Å². The summed E-state index contributed by atoms with van der Waals surface area (Å²) >= 11 is 6.30. The van der Waals surface area contributed by atoms with Gasteiger partial charge in [-0.2, -0.15) is 0 Å². The standard InChI is InChI=1S/C17H17NO5S2/c1-3-8-23-14(19)10-18-15(20)13(25-17(18)24)9-11-4-6-12(7-5-11)16(21)22-2/h4-7,9H,3,8,10H2,1-2H3/b13-9-. The molecule has 8 heteroatoms. The van der Waals surface area contributed by atoms with Gasteiger partial charge in [0.1, 0.15) is 10.9 Å². The van der Waals surface area contributed by atoms with E-state index in [9.17, 15) is 14.4 Å². The number of esters is 2. The van der Waals surface area contributed by atoms with Crippen molar-refractivity contribution in [3.8, 4) is 0 Å². The van der Waals surface area contributed by atoms with Gasteiger partial charge < -0.3 is 9.47 Å². The van der Waals surface area contributed by atoms with E-state index in [1.807, 2.05) is 6.92 Å². The molecule has 1 aromatic carbocycles.